The molecule has 1 saturated heterocycles. The van der Waals surface area contributed by atoms with Crippen molar-refractivity contribution < 1.29 is 38.6 Å². The van der Waals surface area contributed by atoms with Crippen LogP contribution in [0.1, 0.15) is 25.7 Å². The van der Waals surface area contributed by atoms with Crippen molar-refractivity contribution >= 4 is 47.1 Å². The van der Waals surface area contributed by atoms with Crippen LogP contribution in [-0.2, 0) is 33.5 Å². The number of carboxylic acid groups (broad SMARTS) is 1. The number of rotatable bonds is 16. The molecule has 0 aromatic carbocycles. The molecule has 1 aliphatic rings. The van der Waals surface area contributed by atoms with Crippen LogP contribution in [0.25, 0.3) is 0 Å². The lowest BCUT2D eigenvalue weighted by Crippen LogP contribution is -2.42. The Morgan fingerprint density at radius 1 is 1.32 bits per heavy atom. The molecule has 0 spiro atoms. The minimum Gasteiger partial charge on any atom is -0.481 e. The fourth-order valence-corrected chi connectivity index (χ4v) is 3.97. The Hall–Kier alpha value is -2.51. The van der Waals surface area contributed by atoms with E-state index >= 15 is 0 Å². The lowest BCUT2D eigenvalue weighted by atomic mass is 10.2. The number of primary amides is 1. The number of thioether (sulfide) groups is 1. The summed E-state index contributed by atoms with van der Waals surface area (Å²) in [5, 5.41) is 13.2. The number of hydrogen-bond acceptors (Lipinski definition) is 9. The summed E-state index contributed by atoms with van der Waals surface area (Å²) in [5.41, 5.74) is 5.23. The molecule has 1 aliphatic heterocycles. The first-order valence-electron chi connectivity index (χ1n) is 9.66. The summed E-state index contributed by atoms with van der Waals surface area (Å²) in [4.78, 5) is 70.0. The third kappa shape index (κ3) is 9.89. The average Bonchev–Trinajstić information content (AvgIpc) is 2.95. The first-order valence-corrected chi connectivity index (χ1v) is 10.7. The molecule has 0 radical (unpaired) electrons. The second-order valence-corrected chi connectivity index (χ2v) is 8.00. The SMILES string of the molecule is CNC(CSC1CC(=O)N(CCOCC(=O)NCCCC(=O)CC(=O)O)C1=O)C(N)=O. The number of ether oxygens (including phenoxy) is 1. The summed E-state index contributed by atoms with van der Waals surface area (Å²) in [5.74, 6) is -3.01. The number of aliphatic carboxylic acids is 1. The summed E-state index contributed by atoms with van der Waals surface area (Å²) >= 11 is 1.18. The fraction of sp³-hybridized carbons (Fsp3) is 0.667. The van der Waals surface area contributed by atoms with Crippen molar-refractivity contribution in [1.82, 2.24) is 15.5 Å². The molecule has 31 heavy (non-hydrogen) atoms. The second kappa shape index (κ2) is 13.7. The Morgan fingerprint density at radius 2 is 2.03 bits per heavy atom. The van der Waals surface area contributed by atoms with Gasteiger partial charge in [-0.3, -0.25) is 33.7 Å². The largest absolute Gasteiger partial charge is 0.481 e. The highest BCUT2D eigenvalue weighted by molar-refractivity contribution is 8.00. The zero-order valence-corrected chi connectivity index (χ0v) is 18.1. The number of nitrogens with one attached hydrogen (secondary N) is 2. The van der Waals surface area contributed by atoms with Crippen LogP contribution in [0.15, 0.2) is 0 Å². The molecule has 4 amide bonds. The number of likely N-dealkylation sites (tertiary alicyclic amines) is 1. The molecule has 1 fully saturated rings. The van der Waals surface area contributed by atoms with E-state index in [9.17, 15) is 28.8 Å². The van der Waals surface area contributed by atoms with Crippen molar-refractivity contribution in [3.63, 3.8) is 0 Å². The maximum atomic E-state index is 12.4. The van der Waals surface area contributed by atoms with E-state index in [-0.39, 0.29) is 56.7 Å². The van der Waals surface area contributed by atoms with Gasteiger partial charge in [0.1, 0.15) is 18.8 Å². The molecule has 13 heteroatoms. The van der Waals surface area contributed by atoms with Crippen molar-refractivity contribution in [3.05, 3.63) is 0 Å². The van der Waals surface area contributed by atoms with Crippen LogP contribution in [0.2, 0.25) is 0 Å². The van der Waals surface area contributed by atoms with Crippen LogP contribution in [0, 0.1) is 0 Å². The first-order chi connectivity index (χ1) is 14.6. The Balaban J connectivity index is 2.22. The van der Waals surface area contributed by atoms with Crippen molar-refractivity contribution in [2.45, 2.75) is 37.0 Å². The van der Waals surface area contributed by atoms with E-state index in [1.807, 2.05) is 0 Å². The van der Waals surface area contributed by atoms with Crippen molar-refractivity contribution in [3.8, 4) is 0 Å². The number of carboxylic acids is 1. The van der Waals surface area contributed by atoms with Gasteiger partial charge >= 0.3 is 5.97 Å². The zero-order valence-electron chi connectivity index (χ0n) is 17.3. The fourth-order valence-electron chi connectivity index (χ4n) is 2.68. The van der Waals surface area contributed by atoms with Crippen LogP contribution >= 0.6 is 11.8 Å². The first kappa shape index (κ1) is 26.5. The third-order valence-electron chi connectivity index (χ3n) is 4.35. The molecule has 0 aromatic rings. The maximum absolute atomic E-state index is 12.4. The number of imide groups is 1. The number of nitrogens with zero attached hydrogens (tertiary/aromatic N) is 1. The molecule has 2 unspecified atom stereocenters. The van der Waals surface area contributed by atoms with Crippen LogP contribution in [0.4, 0.5) is 0 Å². The number of carbonyl (C=O) groups is 6. The lowest BCUT2D eigenvalue weighted by molar-refractivity contribution is -0.141. The summed E-state index contributed by atoms with van der Waals surface area (Å²) in [6.07, 6.45) is -0.135. The lowest BCUT2D eigenvalue weighted by Gasteiger charge is -2.16. The predicted octanol–water partition coefficient (Wildman–Crippen LogP) is -2.12. The zero-order chi connectivity index (χ0) is 23.4. The van der Waals surface area contributed by atoms with Gasteiger partial charge in [-0.15, -0.1) is 11.8 Å². The number of ketones is 1. The Morgan fingerprint density at radius 3 is 2.65 bits per heavy atom. The van der Waals surface area contributed by atoms with Gasteiger partial charge in [-0.1, -0.05) is 0 Å². The molecule has 0 saturated carbocycles. The van der Waals surface area contributed by atoms with E-state index in [1.54, 1.807) is 7.05 Å². The van der Waals surface area contributed by atoms with Gasteiger partial charge in [0.15, 0.2) is 0 Å². The predicted molar refractivity (Wildman–Crippen MR) is 110 cm³/mol. The van der Waals surface area contributed by atoms with Crippen LogP contribution in [-0.4, -0.2) is 95.8 Å². The van der Waals surface area contributed by atoms with Gasteiger partial charge in [-0.2, -0.15) is 0 Å². The van der Waals surface area contributed by atoms with Crippen LogP contribution < -0.4 is 16.4 Å². The maximum Gasteiger partial charge on any atom is 0.310 e. The number of amides is 4. The summed E-state index contributed by atoms with van der Waals surface area (Å²) in [6.45, 7) is -0.0782. The van der Waals surface area contributed by atoms with Gasteiger partial charge < -0.3 is 26.2 Å². The standard InChI is InChI=1S/C18H28N4O8S/c1-20-12(17(19)28)10-31-13-8-15(25)22(18(13)29)5-6-30-9-14(24)21-4-2-3-11(23)7-16(26)27/h12-13,20H,2-10H2,1H3,(H2,19,28)(H,21,24)(H,26,27). The number of carbonyl (C=O) groups excluding carboxylic acids is 5. The van der Waals surface area contributed by atoms with Gasteiger partial charge in [0.05, 0.1) is 24.4 Å². The van der Waals surface area contributed by atoms with Crippen LogP contribution in [0.3, 0.4) is 0 Å². The average molecular weight is 461 g/mol. The molecule has 0 aromatic heterocycles. The summed E-state index contributed by atoms with van der Waals surface area (Å²) < 4.78 is 5.19. The molecule has 5 N–H and O–H groups in total. The van der Waals surface area contributed by atoms with E-state index in [4.69, 9.17) is 15.6 Å². The minimum absolute atomic E-state index is 0.0109. The molecule has 0 bridgehead atoms. The molecule has 2 atom stereocenters. The van der Waals surface area contributed by atoms with E-state index in [1.165, 1.54) is 11.8 Å². The topological polar surface area (TPSA) is 185 Å². The van der Waals surface area contributed by atoms with Gasteiger partial charge in [0.25, 0.3) is 0 Å². The van der Waals surface area contributed by atoms with Crippen molar-refractivity contribution in [2.75, 3.05) is 39.1 Å². The molecular weight excluding hydrogens is 432 g/mol. The van der Waals surface area contributed by atoms with Crippen molar-refractivity contribution in [2.24, 2.45) is 5.73 Å². The number of Topliss-reactive ketones (excluding diaryl/α,β-unsaturated/α-hetero) is 1. The highest BCUT2D eigenvalue weighted by atomic mass is 32.2. The van der Waals surface area contributed by atoms with E-state index in [0.717, 1.165) is 4.90 Å². The highest BCUT2D eigenvalue weighted by Gasteiger charge is 2.39. The van der Waals surface area contributed by atoms with Gasteiger partial charge in [0.2, 0.25) is 23.6 Å². The van der Waals surface area contributed by atoms with E-state index in [2.05, 4.69) is 10.6 Å². The minimum atomic E-state index is -1.19. The van der Waals surface area contributed by atoms with Gasteiger partial charge in [0, 0.05) is 25.1 Å². The molecule has 12 nitrogen and oxygen atoms in total. The molecule has 1 heterocycles. The third-order valence-corrected chi connectivity index (χ3v) is 5.65. The molecule has 1 rings (SSSR count). The number of likely N-dealkylation sites (N-methyl/N-ethyl adjacent to an activating group) is 1. The Kier molecular flexibility index (Phi) is 11.7. The normalized spacial score (nSPS) is 16.9. The summed E-state index contributed by atoms with van der Waals surface area (Å²) in [7, 11) is 1.58. The smallest absolute Gasteiger partial charge is 0.310 e. The molecular formula is C18H28N4O8S. The van der Waals surface area contributed by atoms with E-state index < -0.39 is 41.3 Å². The second-order valence-electron chi connectivity index (χ2n) is 6.77. The van der Waals surface area contributed by atoms with Crippen LogP contribution in [0.5, 0.6) is 0 Å². The van der Waals surface area contributed by atoms with Crippen molar-refractivity contribution in [1.29, 1.82) is 0 Å². The number of nitrogens with two attached hydrogens (primary N) is 1. The molecule has 0 aliphatic carbocycles. The number of hydrogen-bond donors (Lipinski definition) is 4. The Bertz CT molecular complexity index is 702. The Labute approximate surface area is 183 Å². The molecule has 174 valence electrons. The quantitative estimate of drug-likeness (QED) is 0.113. The summed E-state index contributed by atoms with van der Waals surface area (Å²) in [6, 6.07) is -0.598. The van der Waals surface area contributed by atoms with Gasteiger partial charge in [-0.05, 0) is 13.5 Å². The monoisotopic (exact) mass is 460 g/mol. The highest BCUT2D eigenvalue weighted by Crippen LogP contribution is 2.25. The van der Waals surface area contributed by atoms with Gasteiger partial charge in [-0.25, -0.2) is 0 Å². The van der Waals surface area contributed by atoms with E-state index in [0.29, 0.717) is 6.42 Å².